The number of aromatic amines is 1. The number of aliphatic imine (C=N–C) groups is 1. The summed E-state index contributed by atoms with van der Waals surface area (Å²) >= 11 is 0. The van der Waals surface area contributed by atoms with E-state index in [0.717, 1.165) is 22.2 Å². The largest absolute Gasteiger partial charge is 0.361 e. The Morgan fingerprint density at radius 2 is 2.00 bits per heavy atom. The molecule has 0 aliphatic rings. The number of aryl methyl sites for hydroxylation is 1. The third-order valence-corrected chi connectivity index (χ3v) is 4.44. The van der Waals surface area contributed by atoms with Crippen molar-refractivity contribution in [1.82, 2.24) is 20.6 Å². The Morgan fingerprint density at radius 1 is 1.20 bits per heavy atom. The first kappa shape index (κ1) is 23.6. The summed E-state index contributed by atoms with van der Waals surface area (Å²) in [5, 5.41) is 9.98. The maximum Gasteiger partial charge on any atom is 0.227 e. The fourth-order valence-electron chi connectivity index (χ4n) is 3.01. The minimum absolute atomic E-state index is 0. The fraction of sp³-hybridized carbons (Fsp3) is 0.286. The van der Waals surface area contributed by atoms with E-state index in [9.17, 15) is 9.18 Å². The summed E-state index contributed by atoms with van der Waals surface area (Å²) in [6.45, 7) is 2.94. The number of amides is 1. The van der Waals surface area contributed by atoms with E-state index in [0.29, 0.717) is 31.3 Å². The van der Waals surface area contributed by atoms with Gasteiger partial charge in [-0.3, -0.25) is 9.79 Å². The molecular weight excluding hydrogens is 498 g/mol. The number of rotatable bonds is 7. The molecule has 4 N–H and O–H groups in total. The third-order valence-electron chi connectivity index (χ3n) is 4.44. The molecular formula is C21H26FIN6O. The first-order valence-electron chi connectivity index (χ1n) is 9.48. The van der Waals surface area contributed by atoms with Gasteiger partial charge in [-0.25, -0.2) is 9.37 Å². The lowest BCUT2D eigenvalue weighted by atomic mass is 10.1. The Hall–Kier alpha value is -2.69. The van der Waals surface area contributed by atoms with Gasteiger partial charge < -0.3 is 20.9 Å². The number of aromatic nitrogens is 2. The Kier molecular flexibility index (Phi) is 9.03. The quantitative estimate of drug-likeness (QED) is 0.217. The molecule has 2 heterocycles. The van der Waals surface area contributed by atoms with E-state index in [4.69, 9.17) is 0 Å². The second-order valence-electron chi connectivity index (χ2n) is 6.64. The van der Waals surface area contributed by atoms with Gasteiger partial charge in [-0.15, -0.1) is 24.0 Å². The van der Waals surface area contributed by atoms with Gasteiger partial charge in [0.25, 0.3) is 0 Å². The zero-order valence-corrected chi connectivity index (χ0v) is 19.3. The number of pyridine rings is 1. The van der Waals surface area contributed by atoms with Crippen molar-refractivity contribution in [3.8, 4) is 0 Å². The van der Waals surface area contributed by atoms with Gasteiger partial charge in [-0.05, 0) is 49.2 Å². The van der Waals surface area contributed by atoms with Gasteiger partial charge in [-0.1, -0.05) is 6.07 Å². The number of nitrogens with zero attached hydrogens (tertiary/aromatic N) is 2. The highest BCUT2D eigenvalue weighted by Crippen LogP contribution is 2.19. The standard InChI is InChI=1S/C21H25FN6O.HI/c1-14-4-3-5-19(27-14)28-20(29)9-11-25-21(23-2)24-10-8-15-13-26-18-7-6-16(22)12-17(15)18;/h3-7,12-13,26H,8-11H2,1-2H3,(H2,23,24,25)(H,27,28,29);1H. The van der Waals surface area contributed by atoms with E-state index in [1.807, 2.05) is 25.3 Å². The smallest absolute Gasteiger partial charge is 0.227 e. The van der Waals surface area contributed by atoms with Crippen LogP contribution in [0.25, 0.3) is 10.9 Å². The molecule has 2 aromatic heterocycles. The molecule has 0 aliphatic heterocycles. The van der Waals surface area contributed by atoms with Crippen molar-refractivity contribution in [2.24, 2.45) is 4.99 Å². The van der Waals surface area contributed by atoms with Gasteiger partial charge in [0.2, 0.25) is 5.91 Å². The SMILES string of the molecule is CN=C(NCCC(=O)Nc1cccc(C)n1)NCCc1c[nH]c2ccc(F)cc12.I. The average Bonchev–Trinajstić information content (AvgIpc) is 3.09. The number of carbonyl (C=O) groups excluding carboxylic acids is 1. The normalized spacial score (nSPS) is 11.1. The van der Waals surface area contributed by atoms with E-state index in [-0.39, 0.29) is 42.1 Å². The molecule has 0 bridgehead atoms. The number of hydrogen-bond acceptors (Lipinski definition) is 3. The molecule has 0 saturated heterocycles. The molecule has 3 aromatic rings. The van der Waals surface area contributed by atoms with Crippen LogP contribution in [0.4, 0.5) is 10.2 Å². The maximum absolute atomic E-state index is 13.5. The Bertz CT molecular complexity index is 1020. The number of anilines is 1. The minimum atomic E-state index is -0.247. The number of fused-ring (bicyclic) bond motifs is 1. The highest BCUT2D eigenvalue weighted by molar-refractivity contribution is 14.0. The van der Waals surface area contributed by atoms with Gasteiger partial charge >= 0.3 is 0 Å². The van der Waals surface area contributed by atoms with Gasteiger partial charge in [0.1, 0.15) is 11.6 Å². The summed E-state index contributed by atoms with van der Waals surface area (Å²) in [6.07, 6.45) is 2.90. The second kappa shape index (κ2) is 11.5. The van der Waals surface area contributed by atoms with Gasteiger partial charge in [0, 0.05) is 49.4 Å². The number of benzene rings is 1. The molecule has 160 valence electrons. The van der Waals surface area contributed by atoms with Gasteiger partial charge in [0.05, 0.1) is 0 Å². The summed E-state index contributed by atoms with van der Waals surface area (Å²) in [7, 11) is 1.67. The molecule has 0 spiro atoms. The molecule has 1 amide bonds. The molecule has 3 rings (SSSR count). The summed E-state index contributed by atoms with van der Waals surface area (Å²) in [4.78, 5) is 23.6. The zero-order valence-electron chi connectivity index (χ0n) is 17.0. The number of hydrogen-bond donors (Lipinski definition) is 4. The Labute approximate surface area is 192 Å². The molecule has 9 heteroatoms. The molecule has 1 aromatic carbocycles. The third kappa shape index (κ3) is 6.68. The number of halogens is 2. The van der Waals surface area contributed by atoms with Crippen LogP contribution in [0, 0.1) is 12.7 Å². The van der Waals surface area contributed by atoms with E-state index in [1.165, 1.54) is 12.1 Å². The van der Waals surface area contributed by atoms with E-state index < -0.39 is 0 Å². The predicted molar refractivity (Wildman–Crippen MR) is 129 cm³/mol. The van der Waals surface area contributed by atoms with Crippen molar-refractivity contribution >= 4 is 52.6 Å². The average molecular weight is 524 g/mol. The van der Waals surface area contributed by atoms with E-state index in [1.54, 1.807) is 19.2 Å². The van der Waals surface area contributed by atoms with Crippen molar-refractivity contribution in [2.75, 3.05) is 25.5 Å². The van der Waals surface area contributed by atoms with Crippen LogP contribution in [0.3, 0.4) is 0 Å². The van der Waals surface area contributed by atoms with Crippen molar-refractivity contribution < 1.29 is 9.18 Å². The highest BCUT2D eigenvalue weighted by Gasteiger charge is 2.07. The van der Waals surface area contributed by atoms with Crippen LogP contribution in [0.1, 0.15) is 17.7 Å². The van der Waals surface area contributed by atoms with E-state index >= 15 is 0 Å². The summed E-state index contributed by atoms with van der Waals surface area (Å²) in [6, 6.07) is 10.2. The minimum Gasteiger partial charge on any atom is -0.361 e. The highest BCUT2D eigenvalue weighted by atomic mass is 127. The molecule has 0 aliphatic carbocycles. The van der Waals surface area contributed by atoms with E-state index in [2.05, 4.69) is 30.9 Å². The van der Waals surface area contributed by atoms with Crippen molar-refractivity contribution in [1.29, 1.82) is 0 Å². The first-order valence-corrected chi connectivity index (χ1v) is 9.48. The molecule has 0 radical (unpaired) electrons. The van der Waals surface area contributed by atoms with Crippen LogP contribution < -0.4 is 16.0 Å². The number of guanidine groups is 1. The van der Waals surface area contributed by atoms with Crippen LogP contribution >= 0.6 is 24.0 Å². The summed E-state index contributed by atoms with van der Waals surface area (Å²) in [5.74, 6) is 0.792. The number of carbonyl (C=O) groups is 1. The van der Waals surface area contributed by atoms with Gasteiger partial charge in [0.15, 0.2) is 5.96 Å². The lowest BCUT2D eigenvalue weighted by molar-refractivity contribution is -0.116. The molecule has 7 nitrogen and oxygen atoms in total. The monoisotopic (exact) mass is 524 g/mol. The van der Waals surface area contributed by atoms with Crippen LogP contribution in [0.2, 0.25) is 0 Å². The lowest BCUT2D eigenvalue weighted by Crippen LogP contribution is -2.39. The Balaban J connectivity index is 0.00000320. The summed E-state index contributed by atoms with van der Waals surface area (Å²) < 4.78 is 13.5. The van der Waals surface area contributed by atoms with Crippen LogP contribution in [0.15, 0.2) is 47.6 Å². The topological polar surface area (TPSA) is 94.2 Å². The zero-order chi connectivity index (χ0) is 20.6. The molecule has 0 saturated carbocycles. The predicted octanol–water partition coefficient (Wildman–Crippen LogP) is 3.36. The Morgan fingerprint density at radius 3 is 2.77 bits per heavy atom. The molecule has 0 unspecified atom stereocenters. The van der Waals surface area contributed by atoms with Crippen molar-refractivity contribution in [3.05, 3.63) is 59.7 Å². The van der Waals surface area contributed by atoms with Crippen LogP contribution in [-0.2, 0) is 11.2 Å². The summed E-state index contributed by atoms with van der Waals surface area (Å²) in [5.41, 5.74) is 2.80. The number of H-pyrrole nitrogens is 1. The van der Waals surface area contributed by atoms with Crippen LogP contribution in [0.5, 0.6) is 0 Å². The van der Waals surface area contributed by atoms with Crippen molar-refractivity contribution in [2.45, 2.75) is 19.8 Å². The molecule has 0 fully saturated rings. The number of nitrogens with one attached hydrogen (secondary N) is 4. The molecule has 0 atom stereocenters. The second-order valence-corrected chi connectivity index (χ2v) is 6.64. The lowest BCUT2D eigenvalue weighted by Gasteiger charge is -2.12. The maximum atomic E-state index is 13.5. The molecule has 30 heavy (non-hydrogen) atoms. The van der Waals surface area contributed by atoms with Crippen molar-refractivity contribution in [3.63, 3.8) is 0 Å². The first-order chi connectivity index (χ1) is 14.0. The van der Waals surface area contributed by atoms with Crippen LogP contribution in [-0.4, -0.2) is 42.0 Å². The fourth-order valence-corrected chi connectivity index (χ4v) is 3.01. The van der Waals surface area contributed by atoms with Gasteiger partial charge in [-0.2, -0.15) is 0 Å².